The van der Waals surface area contributed by atoms with Crippen molar-refractivity contribution in [3.8, 4) is 17.2 Å². The summed E-state index contributed by atoms with van der Waals surface area (Å²) in [6.07, 6.45) is -0.867. The molecule has 0 saturated heterocycles. The second-order valence-electron chi connectivity index (χ2n) is 3.28. The van der Waals surface area contributed by atoms with Gasteiger partial charge in [0.25, 0.3) is 0 Å². The Bertz CT molecular complexity index is 511. The average molecular weight is 229 g/mol. The summed E-state index contributed by atoms with van der Waals surface area (Å²) in [6, 6.07) is 16.0. The molecule has 2 aromatic rings. The molecule has 0 unspecified atom stereocenters. The molecule has 2 N–H and O–H groups in total. The lowest BCUT2D eigenvalue weighted by Gasteiger charge is -2.09. The van der Waals surface area contributed by atoms with E-state index in [0.717, 1.165) is 0 Å². The molecule has 0 aliphatic rings. The van der Waals surface area contributed by atoms with Gasteiger partial charge in [-0.05, 0) is 24.3 Å². The highest BCUT2D eigenvalue weighted by Gasteiger charge is 2.07. The summed E-state index contributed by atoms with van der Waals surface area (Å²) in [5.74, 6) is 1.40. The Morgan fingerprint density at radius 2 is 1.47 bits per heavy atom. The first-order valence-corrected chi connectivity index (χ1v) is 5.05. The van der Waals surface area contributed by atoms with Crippen molar-refractivity contribution < 1.29 is 14.3 Å². The number of hydrogen-bond donors (Lipinski definition) is 1. The van der Waals surface area contributed by atoms with E-state index in [9.17, 15) is 4.79 Å². The topological polar surface area (TPSA) is 61.6 Å². The highest BCUT2D eigenvalue weighted by molar-refractivity contribution is 5.69. The van der Waals surface area contributed by atoms with Gasteiger partial charge in [0.1, 0.15) is 5.75 Å². The van der Waals surface area contributed by atoms with Gasteiger partial charge in [0, 0.05) is 0 Å². The molecule has 4 heteroatoms. The number of benzene rings is 2. The van der Waals surface area contributed by atoms with Crippen LogP contribution >= 0.6 is 0 Å². The van der Waals surface area contributed by atoms with Crippen molar-refractivity contribution in [2.45, 2.75) is 0 Å². The summed E-state index contributed by atoms with van der Waals surface area (Å²) < 4.78 is 10.4. The van der Waals surface area contributed by atoms with Gasteiger partial charge in [-0.3, -0.25) is 0 Å². The first kappa shape index (κ1) is 11.0. The van der Waals surface area contributed by atoms with Crippen molar-refractivity contribution in [2.75, 3.05) is 0 Å². The molecule has 0 fully saturated rings. The molecule has 1 amide bonds. The lowest BCUT2D eigenvalue weighted by molar-refractivity contribution is 0.209. The predicted octanol–water partition coefficient (Wildman–Crippen LogP) is 2.94. The molecular weight excluding hydrogens is 218 g/mol. The standard InChI is InChI=1S/C13H11NO3/c14-13(15)17-12-9-5-4-8-11(12)16-10-6-2-1-3-7-10/h1-9H,(H2,14,15). The van der Waals surface area contributed by atoms with Crippen LogP contribution in [0.15, 0.2) is 54.6 Å². The van der Waals surface area contributed by atoms with Crippen LogP contribution in [-0.4, -0.2) is 6.09 Å². The molecule has 17 heavy (non-hydrogen) atoms. The molecule has 2 rings (SSSR count). The maximum atomic E-state index is 10.7. The zero-order chi connectivity index (χ0) is 12.1. The van der Waals surface area contributed by atoms with Gasteiger partial charge < -0.3 is 15.2 Å². The molecule has 0 saturated carbocycles. The number of ether oxygens (including phenoxy) is 2. The number of primary amides is 1. The zero-order valence-corrected chi connectivity index (χ0v) is 9.00. The Hall–Kier alpha value is -2.49. The lowest BCUT2D eigenvalue weighted by Crippen LogP contribution is -2.16. The monoisotopic (exact) mass is 229 g/mol. The number of para-hydroxylation sites is 3. The zero-order valence-electron chi connectivity index (χ0n) is 9.00. The van der Waals surface area contributed by atoms with Crippen LogP contribution in [0.2, 0.25) is 0 Å². The largest absolute Gasteiger partial charge is 0.453 e. The molecule has 86 valence electrons. The van der Waals surface area contributed by atoms with E-state index in [1.165, 1.54) is 0 Å². The summed E-state index contributed by atoms with van der Waals surface area (Å²) in [6.45, 7) is 0. The van der Waals surface area contributed by atoms with Crippen LogP contribution in [0.3, 0.4) is 0 Å². The Morgan fingerprint density at radius 3 is 2.12 bits per heavy atom. The SMILES string of the molecule is NC(=O)Oc1ccccc1Oc1ccccc1. The van der Waals surface area contributed by atoms with Gasteiger partial charge in [0.05, 0.1) is 0 Å². The molecular formula is C13H11NO3. The molecule has 0 heterocycles. The van der Waals surface area contributed by atoms with E-state index >= 15 is 0 Å². The number of amides is 1. The van der Waals surface area contributed by atoms with E-state index in [2.05, 4.69) is 0 Å². The third kappa shape index (κ3) is 2.98. The van der Waals surface area contributed by atoms with Crippen LogP contribution in [0.4, 0.5) is 4.79 Å². The van der Waals surface area contributed by atoms with Crippen molar-refractivity contribution in [3.05, 3.63) is 54.6 Å². The molecule has 2 aromatic carbocycles. The minimum Gasteiger partial charge on any atom is -0.453 e. The first-order chi connectivity index (χ1) is 8.25. The van der Waals surface area contributed by atoms with Crippen molar-refractivity contribution in [2.24, 2.45) is 5.73 Å². The van der Waals surface area contributed by atoms with Gasteiger partial charge >= 0.3 is 6.09 Å². The summed E-state index contributed by atoms with van der Waals surface area (Å²) in [5.41, 5.74) is 4.97. The molecule has 4 nitrogen and oxygen atoms in total. The molecule has 0 aliphatic heterocycles. The number of nitrogens with two attached hydrogens (primary N) is 1. The van der Waals surface area contributed by atoms with Crippen molar-refractivity contribution >= 4 is 6.09 Å². The van der Waals surface area contributed by atoms with E-state index < -0.39 is 6.09 Å². The number of rotatable bonds is 3. The number of carbonyl (C=O) groups excluding carboxylic acids is 1. The van der Waals surface area contributed by atoms with E-state index in [0.29, 0.717) is 17.2 Å². The van der Waals surface area contributed by atoms with Crippen molar-refractivity contribution in [1.29, 1.82) is 0 Å². The minimum absolute atomic E-state index is 0.295. The van der Waals surface area contributed by atoms with Crippen LogP contribution in [0.1, 0.15) is 0 Å². The van der Waals surface area contributed by atoms with Crippen LogP contribution in [0.25, 0.3) is 0 Å². The molecule has 0 spiro atoms. The quantitative estimate of drug-likeness (QED) is 0.880. The van der Waals surface area contributed by atoms with E-state index in [1.54, 1.807) is 36.4 Å². The fraction of sp³-hybridized carbons (Fsp3) is 0. The van der Waals surface area contributed by atoms with Crippen LogP contribution in [0.5, 0.6) is 17.2 Å². The Balaban J connectivity index is 2.23. The van der Waals surface area contributed by atoms with Crippen LogP contribution in [0, 0.1) is 0 Å². The summed E-state index contributed by atoms with van der Waals surface area (Å²) in [5, 5.41) is 0. The highest BCUT2D eigenvalue weighted by Crippen LogP contribution is 2.30. The number of hydrogen-bond acceptors (Lipinski definition) is 3. The maximum absolute atomic E-state index is 10.7. The van der Waals surface area contributed by atoms with Crippen LogP contribution < -0.4 is 15.2 Å². The van der Waals surface area contributed by atoms with Gasteiger partial charge in [-0.2, -0.15) is 0 Å². The lowest BCUT2D eigenvalue weighted by atomic mass is 10.3. The van der Waals surface area contributed by atoms with Crippen molar-refractivity contribution in [1.82, 2.24) is 0 Å². The van der Waals surface area contributed by atoms with Crippen LogP contribution in [-0.2, 0) is 0 Å². The highest BCUT2D eigenvalue weighted by atomic mass is 16.6. The summed E-state index contributed by atoms with van der Waals surface area (Å²) in [4.78, 5) is 10.7. The van der Waals surface area contributed by atoms with E-state index in [4.69, 9.17) is 15.2 Å². The Morgan fingerprint density at radius 1 is 0.882 bits per heavy atom. The first-order valence-electron chi connectivity index (χ1n) is 5.05. The fourth-order valence-electron chi connectivity index (χ4n) is 1.34. The van der Waals surface area contributed by atoms with Crippen molar-refractivity contribution in [3.63, 3.8) is 0 Å². The third-order valence-electron chi connectivity index (χ3n) is 2.03. The maximum Gasteiger partial charge on any atom is 0.410 e. The summed E-state index contributed by atoms with van der Waals surface area (Å²) >= 11 is 0. The van der Waals surface area contributed by atoms with E-state index in [-0.39, 0.29) is 0 Å². The molecule has 0 aromatic heterocycles. The Labute approximate surface area is 98.6 Å². The second-order valence-corrected chi connectivity index (χ2v) is 3.28. The summed E-state index contributed by atoms with van der Waals surface area (Å²) in [7, 11) is 0. The normalized spacial score (nSPS) is 9.65. The van der Waals surface area contributed by atoms with Gasteiger partial charge in [-0.15, -0.1) is 0 Å². The minimum atomic E-state index is -0.867. The predicted molar refractivity (Wildman–Crippen MR) is 63.2 cm³/mol. The van der Waals surface area contributed by atoms with Gasteiger partial charge in [0.2, 0.25) is 0 Å². The fourth-order valence-corrected chi connectivity index (χ4v) is 1.34. The molecule has 0 radical (unpaired) electrons. The molecule has 0 aliphatic carbocycles. The molecule has 0 bridgehead atoms. The third-order valence-corrected chi connectivity index (χ3v) is 2.03. The van der Waals surface area contributed by atoms with E-state index in [1.807, 2.05) is 18.2 Å². The van der Waals surface area contributed by atoms with Gasteiger partial charge in [-0.25, -0.2) is 4.79 Å². The number of carbonyl (C=O) groups is 1. The Kier molecular flexibility index (Phi) is 3.25. The second kappa shape index (κ2) is 5.03. The molecule has 0 atom stereocenters. The van der Waals surface area contributed by atoms with Gasteiger partial charge in [-0.1, -0.05) is 30.3 Å². The average Bonchev–Trinajstić information content (AvgIpc) is 2.32. The smallest absolute Gasteiger partial charge is 0.410 e. The van der Waals surface area contributed by atoms with Gasteiger partial charge in [0.15, 0.2) is 11.5 Å².